The summed E-state index contributed by atoms with van der Waals surface area (Å²) in [7, 11) is 0. The molecule has 1 aliphatic heterocycles. The maximum atomic E-state index is 13.0. The van der Waals surface area contributed by atoms with Crippen molar-refractivity contribution in [1.29, 1.82) is 0 Å². The SMILES string of the molecule is Cc1cccc(C)c1-c1ccc2c(c1)NC(=O)N(c1cncc3ccccc13)C2O. The first kappa shape index (κ1) is 18.3. The van der Waals surface area contributed by atoms with E-state index in [1.807, 2.05) is 48.5 Å². The van der Waals surface area contributed by atoms with Crippen LogP contribution in [0.3, 0.4) is 0 Å². The van der Waals surface area contributed by atoms with Gasteiger partial charge in [-0.1, -0.05) is 54.6 Å². The van der Waals surface area contributed by atoms with Crippen molar-refractivity contribution in [2.75, 3.05) is 10.2 Å². The van der Waals surface area contributed by atoms with Gasteiger partial charge in [0.2, 0.25) is 0 Å². The molecule has 5 heteroatoms. The van der Waals surface area contributed by atoms with Crippen LogP contribution in [0.5, 0.6) is 0 Å². The Bertz CT molecular complexity index is 1270. The van der Waals surface area contributed by atoms with Crippen molar-refractivity contribution in [3.8, 4) is 11.1 Å². The first-order valence-corrected chi connectivity index (χ1v) is 9.86. The van der Waals surface area contributed by atoms with Gasteiger partial charge in [0.15, 0.2) is 6.23 Å². The van der Waals surface area contributed by atoms with Crippen LogP contribution in [0.2, 0.25) is 0 Å². The van der Waals surface area contributed by atoms with Gasteiger partial charge in [-0.05, 0) is 42.2 Å². The minimum atomic E-state index is -1.10. The summed E-state index contributed by atoms with van der Waals surface area (Å²) in [6, 6.07) is 19.3. The minimum absolute atomic E-state index is 0.383. The second-order valence-corrected chi connectivity index (χ2v) is 7.62. The second kappa shape index (κ2) is 6.97. The van der Waals surface area contributed by atoms with Gasteiger partial charge in [0, 0.05) is 22.5 Å². The average molecular weight is 395 g/mol. The quantitative estimate of drug-likeness (QED) is 0.467. The summed E-state index contributed by atoms with van der Waals surface area (Å²) >= 11 is 0. The molecule has 1 aromatic heterocycles. The number of aryl methyl sites for hydroxylation is 2. The number of fused-ring (bicyclic) bond motifs is 2. The summed E-state index contributed by atoms with van der Waals surface area (Å²) in [5, 5.41) is 15.8. The lowest BCUT2D eigenvalue weighted by molar-refractivity contribution is 0.170. The zero-order valence-corrected chi connectivity index (χ0v) is 16.8. The van der Waals surface area contributed by atoms with Crippen molar-refractivity contribution >= 4 is 28.2 Å². The van der Waals surface area contributed by atoms with E-state index in [1.54, 1.807) is 12.4 Å². The number of carbonyl (C=O) groups is 1. The Labute approximate surface area is 174 Å². The van der Waals surface area contributed by atoms with Gasteiger partial charge >= 0.3 is 6.03 Å². The van der Waals surface area contributed by atoms with E-state index in [4.69, 9.17) is 0 Å². The van der Waals surface area contributed by atoms with E-state index < -0.39 is 6.23 Å². The van der Waals surface area contributed by atoms with Crippen LogP contribution >= 0.6 is 0 Å². The van der Waals surface area contributed by atoms with E-state index >= 15 is 0 Å². The number of aliphatic hydroxyl groups excluding tert-OH is 1. The summed E-state index contributed by atoms with van der Waals surface area (Å²) < 4.78 is 0. The highest BCUT2D eigenvalue weighted by atomic mass is 16.3. The van der Waals surface area contributed by atoms with E-state index in [0.29, 0.717) is 16.9 Å². The standard InChI is InChI=1S/C25H21N3O2/c1-15-6-5-7-16(2)23(15)17-10-11-20-21(12-17)27-25(30)28(24(20)29)22-14-26-13-18-8-3-4-9-19(18)22/h3-14,24,29H,1-2H3,(H,27,30). The van der Waals surface area contributed by atoms with Crippen LogP contribution in [0.1, 0.15) is 22.9 Å². The number of aromatic nitrogens is 1. The number of urea groups is 1. The first-order valence-electron chi connectivity index (χ1n) is 9.86. The Balaban J connectivity index is 1.60. The van der Waals surface area contributed by atoms with Gasteiger partial charge in [0.25, 0.3) is 0 Å². The Morgan fingerprint density at radius 3 is 2.53 bits per heavy atom. The number of hydrogen-bond acceptors (Lipinski definition) is 3. The van der Waals surface area contributed by atoms with Gasteiger partial charge in [-0.25, -0.2) is 4.79 Å². The summed E-state index contributed by atoms with van der Waals surface area (Å²) in [6.45, 7) is 4.15. The van der Waals surface area contributed by atoms with Crippen LogP contribution in [-0.2, 0) is 0 Å². The molecule has 0 spiro atoms. The van der Waals surface area contributed by atoms with Gasteiger partial charge < -0.3 is 10.4 Å². The topological polar surface area (TPSA) is 65.5 Å². The fourth-order valence-electron chi connectivity index (χ4n) is 4.27. The van der Waals surface area contributed by atoms with Crippen molar-refractivity contribution < 1.29 is 9.90 Å². The third-order valence-electron chi connectivity index (χ3n) is 5.71. The summed E-state index contributed by atoms with van der Waals surface area (Å²) in [5.74, 6) is 0. The summed E-state index contributed by atoms with van der Waals surface area (Å²) in [6.07, 6.45) is 2.26. The van der Waals surface area contributed by atoms with Crippen LogP contribution in [0.4, 0.5) is 16.2 Å². The molecule has 5 nitrogen and oxygen atoms in total. The molecule has 0 bridgehead atoms. The molecule has 2 N–H and O–H groups in total. The molecule has 0 saturated carbocycles. The second-order valence-electron chi connectivity index (χ2n) is 7.62. The highest BCUT2D eigenvalue weighted by Crippen LogP contribution is 2.40. The lowest BCUT2D eigenvalue weighted by atomic mass is 9.93. The van der Waals surface area contributed by atoms with E-state index in [2.05, 4.69) is 36.3 Å². The van der Waals surface area contributed by atoms with Crippen molar-refractivity contribution in [3.63, 3.8) is 0 Å². The largest absolute Gasteiger partial charge is 0.369 e. The number of hydrogen-bond donors (Lipinski definition) is 2. The molecule has 2 heterocycles. The number of aliphatic hydroxyl groups is 1. The lowest BCUT2D eigenvalue weighted by Gasteiger charge is -2.34. The van der Waals surface area contributed by atoms with Crippen molar-refractivity contribution in [1.82, 2.24) is 4.98 Å². The third-order valence-corrected chi connectivity index (χ3v) is 5.71. The average Bonchev–Trinajstić information content (AvgIpc) is 2.73. The predicted molar refractivity (Wildman–Crippen MR) is 120 cm³/mol. The monoisotopic (exact) mass is 395 g/mol. The highest BCUT2D eigenvalue weighted by Gasteiger charge is 2.33. The Kier molecular flexibility index (Phi) is 4.26. The molecule has 4 aromatic rings. The summed E-state index contributed by atoms with van der Waals surface area (Å²) in [4.78, 5) is 18.6. The van der Waals surface area contributed by atoms with Crippen LogP contribution in [0, 0.1) is 13.8 Å². The molecule has 2 amide bonds. The molecule has 1 unspecified atom stereocenters. The molecule has 5 rings (SSSR count). The fraction of sp³-hybridized carbons (Fsp3) is 0.120. The van der Waals surface area contributed by atoms with Gasteiger partial charge in [0.05, 0.1) is 17.6 Å². The van der Waals surface area contributed by atoms with Crippen molar-refractivity contribution in [2.45, 2.75) is 20.1 Å². The summed E-state index contributed by atoms with van der Waals surface area (Å²) in [5.41, 5.74) is 6.33. The number of nitrogens with one attached hydrogen (secondary N) is 1. The Hall–Kier alpha value is -3.70. The predicted octanol–water partition coefficient (Wildman–Crippen LogP) is 5.56. The van der Waals surface area contributed by atoms with Gasteiger partial charge in [-0.15, -0.1) is 0 Å². The van der Waals surface area contributed by atoms with Crippen LogP contribution in [-0.4, -0.2) is 16.1 Å². The molecule has 0 fully saturated rings. The van der Waals surface area contributed by atoms with Gasteiger partial charge in [-0.3, -0.25) is 9.88 Å². The molecule has 1 atom stereocenters. The number of anilines is 2. The van der Waals surface area contributed by atoms with Crippen LogP contribution in [0.25, 0.3) is 21.9 Å². The van der Waals surface area contributed by atoms with Crippen molar-refractivity contribution in [2.24, 2.45) is 0 Å². The van der Waals surface area contributed by atoms with E-state index in [9.17, 15) is 9.90 Å². The van der Waals surface area contributed by atoms with Gasteiger partial charge in [-0.2, -0.15) is 0 Å². The maximum Gasteiger partial charge on any atom is 0.328 e. The van der Waals surface area contributed by atoms with Crippen molar-refractivity contribution in [3.05, 3.63) is 89.7 Å². The molecule has 0 saturated heterocycles. The van der Waals surface area contributed by atoms with Gasteiger partial charge in [0.1, 0.15) is 0 Å². The highest BCUT2D eigenvalue weighted by molar-refractivity contribution is 6.10. The molecule has 30 heavy (non-hydrogen) atoms. The number of amides is 2. The van der Waals surface area contributed by atoms with E-state index in [1.165, 1.54) is 16.0 Å². The molecular weight excluding hydrogens is 374 g/mol. The molecule has 0 radical (unpaired) electrons. The van der Waals surface area contributed by atoms with E-state index in [-0.39, 0.29) is 6.03 Å². The number of rotatable bonds is 2. The maximum absolute atomic E-state index is 13.0. The Morgan fingerprint density at radius 1 is 0.967 bits per heavy atom. The minimum Gasteiger partial charge on any atom is -0.369 e. The zero-order chi connectivity index (χ0) is 20.8. The molecule has 1 aliphatic rings. The Morgan fingerprint density at radius 2 is 1.73 bits per heavy atom. The third kappa shape index (κ3) is 2.83. The van der Waals surface area contributed by atoms with Crippen LogP contribution in [0.15, 0.2) is 73.1 Å². The first-order chi connectivity index (χ1) is 14.5. The molecular formula is C25H21N3O2. The number of benzene rings is 3. The molecule has 3 aromatic carbocycles. The fourth-order valence-corrected chi connectivity index (χ4v) is 4.27. The number of pyridine rings is 1. The molecule has 0 aliphatic carbocycles. The normalized spacial score (nSPS) is 15.8. The lowest BCUT2D eigenvalue weighted by Crippen LogP contribution is -2.42. The number of carbonyl (C=O) groups excluding carboxylic acids is 1. The zero-order valence-electron chi connectivity index (χ0n) is 16.8. The molecule has 148 valence electrons. The smallest absolute Gasteiger partial charge is 0.328 e. The van der Waals surface area contributed by atoms with E-state index in [0.717, 1.165) is 21.9 Å². The van der Waals surface area contributed by atoms with Crippen LogP contribution < -0.4 is 10.2 Å². The number of nitrogens with zero attached hydrogens (tertiary/aromatic N) is 2.